The Bertz CT molecular complexity index is 526. The summed E-state index contributed by atoms with van der Waals surface area (Å²) in [4.78, 5) is 11.2. The maximum atomic E-state index is 11.2. The molecule has 0 aliphatic rings. The van der Waals surface area contributed by atoms with Crippen molar-refractivity contribution in [2.24, 2.45) is 16.6 Å². The summed E-state index contributed by atoms with van der Waals surface area (Å²) in [5.74, 6) is 0.0127. The molecule has 0 unspecified atom stereocenters. The number of oxime groups is 1. The van der Waals surface area contributed by atoms with Crippen molar-refractivity contribution in [1.82, 2.24) is 5.32 Å². The molecule has 7 nitrogen and oxygen atoms in total. The van der Waals surface area contributed by atoms with E-state index in [1.54, 1.807) is 26.0 Å². The minimum Gasteiger partial charge on any atom is -0.496 e. The number of primary amides is 1. The zero-order chi connectivity index (χ0) is 15.3. The van der Waals surface area contributed by atoms with Gasteiger partial charge < -0.3 is 21.4 Å². The number of methoxy groups -OCH3 is 1. The van der Waals surface area contributed by atoms with Crippen LogP contribution in [0.3, 0.4) is 0 Å². The summed E-state index contributed by atoms with van der Waals surface area (Å²) in [5, 5.41) is 14.8. The number of nitrogens with one attached hydrogen (secondary N) is 1. The lowest BCUT2D eigenvalue weighted by atomic mass is 10.0. The predicted molar refractivity (Wildman–Crippen MR) is 75.6 cm³/mol. The molecule has 0 aliphatic heterocycles. The number of amidine groups is 1. The number of amides is 1. The maximum absolute atomic E-state index is 11.2. The van der Waals surface area contributed by atoms with Gasteiger partial charge in [0.2, 0.25) is 5.91 Å². The van der Waals surface area contributed by atoms with E-state index in [2.05, 4.69) is 10.5 Å². The van der Waals surface area contributed by atoms with Gasteiger partial charge in [-0.05, 0) is 31.5 Å². The fourth-order valence-corrected chi connectivity index (χ4v) is 1.53. The van der Waals surface area contributed by atoms with Crippen molar-refractivity contribution >= 4 is 11.7 Å². The number of rotatable bonds is 6. The van der Waals surface area contributed by atoms with Crippen molar-refractivity contribution in [2.75, 3.05) is 7.11 Å². The first kappa shape index (κ1) is 15.8. The summed E-state index contributed by atoms with van der Waals surface area (Å²) in [6.45, 7) is 3.80. The van der Waals surface area contributed by atoms with E-state index in [1.807, 2.05) is 6.07 Å². The lowest BCUT2D eigenvalue weighted by Gasteiger charge is -2.22. The van der Waals surface area contributed by atoms with Gasteiger partial charge in [0.25, 0.3) is 0 Å². The number of carbonyl (C=O) groups is 1. The van der Waals surface area contributed by atoms with Crippen LogP contribution in [0.15, 0.2) is 23.4 Å². The van der Waals surface area contributed by atoms with Crippen molar-refractivity contribution in [3.63, 3.8) is 0 Å². The van der Waals surface area contributed by atoms with Gasteiger partial charge in [-0.15, -0.1) is 0 Å². The van der Waals surface area contributed by atoms with E-state index in [1.165, 1.54) is 7.11 Å². The highest BCUT2D eigenvalue weighted by molar-refractivity contribution is 5.99. The summed E-state index contributed by atoms with van der Waals surface area (Å²) < 4.78 is 5.14. The number of nitrogens with two attached hydrogens (primary N) is 2. The molecule has 1 aromatic carbocycles. The summed E-state index contributed by atoms with van der Waals surface area (Å²) in [6, 6.07) is 5.25. The van der Waals surface area contributed by atoms with E-state index >= 15 is 0 Å². The molecule has 6 N–H and O–H groups in total. The highest BCUT2D eigenvalue weighted by Gasteiger charge is 2.23. The van der Waals surface area contributed by atoms with Gasteiger partial charge in [0.05, 0.1) is 18.2 Å². The topological polar surface area (TPSA) is 123 Å². The average molecular weight is 280 g/mol. The fraction of sp³-hybridized carbons (Fsp3) is 0.385. The number of ether oxygens (including phenoxy) is 1. The second-order valence-corrected chi connectivity index (χ2v) is 4.86. The number of hydrogen-bond acceptors (Lipinski definition) is 5. The Morgan fingerprint density at radius 3 is 2.60 bits per heavy atom. The van der Waals surface area contributed by atoms with Crippen LogP contribution in [0.2, 0.25) is 0 Å². The molecule has 1 rings (SSSR count). The van der Waals surface area contributed by atoms with Crippen LogP contribution in [0.1, 0.15) is 25.0 Å². The van der Waals surface area contributed by atoms with Gasteiger partial charge in [-0.1, -0.05) is 11.2 Å². The Morgan fingerprint density at radius 1 is 1.45 bits per heavy atom. The van der Waals surface area contributed by atoms with Crippen LogP contribution >= 0.6 is 0 Å². The highest BCUT2D eigenvalue weighted by Crippen LogP contribution is 2.20. The third kappa shape index (κ3) is 3.61. The van der Waals surface area contributed by atoms with Gasteiger partial charge in [-0.3, -0.25) is 10.1 Å². The van der Waals surface area contributed by atoms with Gasteiger partial charge in [0.15, 0.2) is 5.84 Å². The predicted octanol–water partition coefficient (Wildman–Crippen LogP) is 0.143. The minimum absolute atomic E-state index is 0.0436. The quantitative estimate of drug-likeness (QED) is 0.255. The Hall–Kier alpha value is -2.28. The van der Waals surface area contributed by atoms with Crippen LogP contribution in [-0.2, 0) is 11.3 Å². The Labute approximate surface area is 117 Å². The van der Waals surface area contributed by atoms with Gasteiger partial charge in [-0.25, -0.2) is 0 Å². The second kappa shape index (κ2) is 6.25. The molecular formula is C13H20N4O3. The molecule has 1 aromatic rings. The normalized spacial score (nSPS) is 12.2. The highest BCUT2D eigenvalue weighted by atomic mass is 16.5. The van der Waals surface area contributed by atoms with Crippen molar-refractivity contribution in [3.05, 3.63) is 29.3 Å². The van der Waals surface area contributed by atoms with E-state index in [9.17, 15) is 4.79 Å². The Kier molecular flexibility index (Phi) is 4.93. The van der Waals surface area contributed by atoms with E-state index in [-0.39, 0.29) is 5.84 Å². The van der Waals surface area contributed by atoms with E-state index in [0.29, 0.717) is 17.9 Å². The molecule has 0 heterocycles. The monoisotopic (exact) mass is 280 g/mol. The van der Waals surface area contributed by atoms with Gasteiger partial charge in [0, 0.05) is 6.54 Å². The van der Waals surface area contributed by atoms with Crippen LogP contribution in [0.25, 0.3) is 0 Å². The smallest absolute Gasteiger partial charge is 0.237 e. The zero-order valence-corrected chi connectivity index (χ0v) is 11.8. The first-order valence-electron chi connectivity index (χ1n) is 6.01. The zero-order valence-electron chi connectivity index (χ0n) is 11.8. The van der Waals surface area contributed by atoms with Gasteiger partial charge in [-0.2, -0.15) is 0 Å². The van der Waals surface area contributed by atoms with E-state index < -0.39 is 11.4 Å². The van der Waals surface area contributed by atoms with Crippen LogP contribution in [0.5, 0.6) is 5.75 Å². The van der Waals surface area contributed by atoms with E-state index in [4.69, 9.17) is 21.4 Å². The number of hydrogen-bond donors (Lipinski definition) is 4. The summed E-state index contributed by atoms with van der Waals surface area (Å²) in [7, 11) is 1.50. The third-order valence-corrected chi connectivity index (χ3v) is 3.00. The molecule has 0 saturated heterocycles. The lowest BCUT2D eigenvalue weighted by Crippen LogP contribution is -2.50. The van der Waals surface area contributed by atoms with Crippen LogP contribution in [0, 0.1) is 0 Å². The molecule has 0 radical (unpaired) electrons. The first-order chi connectivity index (χ1) is 9.31. The minimum atomic E-state index is -0.823. The SMILES string of the molecule is COc1ccc(CNC(C)(C)C(N)=O)cc1C(N)=NO. The second-order valence-electron chi connectivity index (χ2n) is 4.86. The molecule has 0 fully saturated rings. The third-order valence-electron chi connectivity index (χ3n) is 3.00. The van der Waals surface area contributed by atoms with Crippen LogP contribution in [0.4, 0.5) is 0 Å². The largest absolute Gasteiger partial charge is 0.496 e. The molecule has 0 saturated carbocycles. The standard InChI is InChI=1S/C13H20N4O3/c1-13(2,12(15)18)16-7-8-4-5-10(20-3)9(6-8)11(14)17-19/h4-6,16,19H,7H2,1-3H3,(H2,14,17)(H2,15,18). The number of carbonyl (C=O) groups excluding carboxylic acids is 1. The summed E-state index contributed by atoms with van der Waals surface area (Å²) in [6.07, 6.45) is 0. The average Bonchev–Trinajstić information content (AvgIpc) is 2.43. The molecule has 0 aliphatic carbocycles. The van der Waals surface area contributed by atoms with Crippen molar-refractivity contribution < 1.29 is 14.7 Å². The van der Waals surface area contributed by atoms with E-state index in [0.717, 1.165) is 5.56 Å². The molecule has 7 heteroatoms. The molecule has 0 bridgehead atoms. The maximum Gasteiger partial charge on any atom is 0.237 e. The molecule has 110 valence electrons. The van der Waals surface area contributed by atoms with Crippen molar-refractivity contribution in [1.29, 1.82) is 0 Å². The first-order valence-corrected chi connectivity index (χ1v) is 6.01. The Balaban J connectivity index is 2.96. The summed E-state index contributed by atoms with van der Waals surface area (Å²) in [5.41, 5.74) is 11.4. The molecule has 20 heavy (non-hydrogen) atoms. The molecule has 1 amide bonds. The van der Waals surface area contributed by atoms with Crippen molar-refractivity contribution in [3.8, 4) is 5.75 Å². The van der Waals surface area contributed by atoms with Gasteiger partial charge in [0.1, 0.15) is 5.75 Å². The van der Waals surface area contributed by atoms with Crippen LogP contribution in [-0.4, -0.2) is 29.6 Å². The molecular weight excluding hydrogens is 260 g/mol. The fourth-order valence-electron chi connectivity index (χ4n) is 1.53. The van der Waals surface area contributed by atoms with Crippen LogP contribution < -0.4 is 21.5 Å². The van der Waals surface area contributed by atoms with Crippen molar-refractivity contribution in [2.45, 2.75) is 25.9 Å². The molecule has 0 spiro atoms. The number of benzene rings is 1. The summed E-state index contributed by atoms with van der Waals surface area (Å²) >= 11 is 0. The lowest BCUT2D eigenvalue weighted by molar-refractivity contribution is -0.123. The molecule has 0 aromatic heterocycles. The number of nitrogens with zero attached hydrogens (tertiary/aromatic N) is 1. The molecule has 0 atom stereocenters. The van der Waals surface area contributed by atoms with Gasteiger partial charge >= 0.3 is 0 Å². The Morgan fingerprint density at radius 2 is 2.10 bits per heavy atom.